The average Bonchev–Trinajstić information content (AvgIpc) is 3.42. The maximum Gasteiger partial charge on any atom is 0.173 e. The van der Waals surface area contributed by atoms with E-state index in [0.29, 0.717) is 0 Å². The van der Waals surface area contributed by atoms with Gasteiger partial charge in [-0.2, -0.15) is 0 Å². The van der Waals surface area contributed by atoms with Gasteiger partial charge >= 0.3 is 0 Å². The van der Waals surface area contributed by atoms with E-state index in [9.17, 15) is 0 Å². The highest BCUT2D eigenvalue weighted by molar-refractivity contribution is 7.09. The van der Waals surface area contributed by atoms with E-state index in [4.69, 9.17) is 0 Å². The molecule has 0 bridgehead atoms. The van der Waals surface area contributed by atoms with E-state index in [0.717, 1.165) is 18.9 Å². The van der Waals surface area contributed by atoms with Gasteiger partial charge in [-0.25, -0.2) is 4.68 Å². The zero-order valence-electron chi connectivity index (χ0n) is 18.6. The van der Waals surface area contributed by atoms with Crippen molar-refractivity contribution >= 4 is 11.3 Å². The van der Waals surface area contributed by atoms with Crippen molar-refractivity contribution < 1.29 is 0 Å². The van der Waals surface area contributed by atoms with E-state index in [2.05, 4.69) is 120 Å². The van der Waals surface area contributed by atoms with Crippen LogP contribution < -0.4 is 0 Å². The second-order valence-electron chi connectivity index (χ2n) is 8.90. The third-order valence-corrected chi connectivity index (χ3v) is 6.16. The Balaban J connectivity index is 1.83. The Labute approximate surface area is 188 Å². The Hall–Kier alpha value is -2.83. The standard InChI is InChI=1S/C25H29N5S/c1-19-12-14-21(15-13-19)23(24-26-27-28-30(24)25(2,3)4)29(18-22-11-8-16-31-22)17-20-9-6-5-7-10-20/h5-16,23H,17-18H2,1-4H3/t23-/m0/s1. The van der Waals surface area contributed by atoms with Crippen LogP contribution in [0.4, 0.5) is 0 Å². The van der Waals surface area contributed by atoms with Gasteiger partial charge in [0.25, 0.3) is 0 Å². The summed E-state index contributed by atoms with van der Waals surface area (Å²) in [5.74, 6) is 0.865. The molecular weight excluding hydrogens is 402 g/mol. The van der Waals surface area contributed by atoms with Crippen LogP contribution in [0.25, 0.3) is 0 Å². The molecule has 160 valence electrons. The minimum absolute atomic E-state index is 0.0721. The minimum atomic E-state index is -0.219. The lowest BCUT2D eigenvalue weighted by molar-refractivity contribution is 0.187. The summed E-state index contributed by atoms with van der Waals surface area (Å²) in [5.41, 5.74) is 3.48. The van der Waals surface area contributed by atoms with Crippen molar-refractivity contribution in [1.29, 1.82) is 0 Å². The fourth-order valence-electron chi connectivity index (χ4n) is 3.77. The second kappa shape index (κ2) is 9.12. The number of nitrogens with zero attached hydrogens (tertiary/aromatic N) is 5. The van der Waals surface area contributed by atoms with Gasteiger partial charge in [0, 0.05) is 18.0 Å². The third kappa shape index (κ3) is 5.09. The molecule has 0 amide bonds. The SMILES string of the molecule is Cc1ccc([C@@H](c2nnnn2C(C)(C)C)N(Cc2ccccc2)Cc2cccs2)cc1. The van der Waals surface area contributed by atoms with Crippen LogP contribution in [0.2, 0.25) is 0 Å². The minimum Gasteiger partial charge on any atom is -0.280 e. The molecule has 0 aliphatic rings. The van der Waals surface area contributed by atoms with Gasteiger partial charge in [-0.15, -0.1) is 16.4 Å². The van der Waals surface area contributed by atoms with Crippen molar-refractivity contribution in [1.82, 2.24) is 25.1 Å². The largest absolute Gasteiger partial charge is 0.280 e. The Kier molecular flexibility index (Phi) is 6.30. The first-order valence-electron chi connectivity index (χ1n) is 10.6. The quantitative estimate of drug-likeness (QED) is 0.383. The second-order valence-corrected chi connectivity index (χ2v) is 9.94. The highest BCUT2D eigenvalue weighted by atomic mass is 32.1. The Bertz CT molecular complexity index is 1080. The lowest BCUT2D eigenvalue weighted by Crippen LogP contribution is -2.34. The molecule has 0 saturated heterocycles. The van der Waals surface area contributed by atoms with Crippen molar-refractivity contribution in [2.24, 2.45) is 0 Å². The topological polar surface area (TPSA) is 46.8 Å². The monoisotopic (exact) mass is 431 g/mol. The number of hydrogen-bond donors (Lipinski definition) is 0. The predicted octanol–water partition coefficient (Wildman–Crippen LogP) is 5.59. The molecule has 0 saturated carbocycles. The molecule has 0 radical (unpaired) electrons. The summed E-state index contributed by atoms with van der Waals surface area (Å²) in [6.45, 7) is 10.2. The van der Waals surface area contributed by atoms with Crippen LogP contribution in [0, 0.1) is 6.92 Å². The summed E-state index contributed by atoms with van der Waals surface area (Å²) in [4.78, 5) is 3.79. The molecule has 0 aliphatic carbocycles. The molecule has 2 aromatic carbocycles. The maximum atomic E-state index is 4.54. The normalized spacial score (nSPS) is 12.9. The van der Waals surface area contributed by atoms with Crippen LogP contribution >= 0.6 is 11.3 Å². The van der Waals surface area contributed by atoms with Crippen LogP contribution in [-0.4, -0.2) is 25.1 Å². The van der Waals surface area contributed by atoms with Crippen molar-refractivity contribution in [3.8, 4) is 0 Å². The van der Waals surface area contributed by atoms with Crippen LogP contribution in [-0.2, 0) is 18.6 Å². The molecule has 4 aromatic rings. The smallest absolute Gasteiger partial charge is 0.173 e. The molecule has 2 heterocycles. The highest BCUT2D eigenvalue weighted by Gasteiger charge is 2.31. The Morgan fingerprint density at radius 1 is 0.935 bits per heavy atom. The lowest BCUT2D eigenvalue weighted by atomic mass is 10.00. The number of aromatic nitrogens is 4. The maximum absolute atomic E-state index is 4.54. The molecule has 0 N–H and O–H groups in total. The van der Waals surface area contributed by atoms with Gasteiger partial charge in [0.2, 0.25) is 0 Å². The summed E-state index contributed by atoms with van der Waals surface area (Å²) in [6.07, 6.45) is 0. The van der Waals surface area contributed by atoms with Crippen molar-refractivity contribution in [3.05, 3.63) is 99.5 Å². The van der Waals surface area contributed by atoms with Gasteiger partial charge in [0.05, 0.1) is 11.6 Å². The Morgan fingerprint density at radius 3 is 2.32 bits per heavy atom. The molecule has 0 spiro atoms. The molecule has 4 rings (SSSR count). The zero-order valence-corrected chi connectivity index (χ0v) is 19.4. The van der Waals surface area contributed by atoms with E-state index >= 15 is 0 Å². The molecular formula is C25H29N5S. The van der Waals surface area contributed by atoms with E-state index in [1.165, 1.54) is 21.6 Å². The van der Waals surface area contributed by atoms with Gasteiger partial charge in [-0.1, -0.05) is 66.2 Å². The van der Waals surface area contributed by atoms with Gasteiger partial charge in [0.1, 0.15) is 0 Å². The van der Waals surface area contributed by atoms with E-state index in [1.807, 2.05) is 4.68 Å². The molecule has 0 fully saturated rings. The predicted molar refractivity (Wildman–Crippen MR) is 126 cm³/mol. The van der Waals surface area contributed by atoms with Crippen LogP contribution in [0.3, 0.4) is 0 Å². The summed E-state index contributed by atoms with van der Waals surface area (Å²) in [5, 5.41) is 15.1. The third-order valence-electron chi connectivity index (χ3n) is 5.30. The molecule has 5 nitrogen and oxygen atoms in total. The first-order chi connectivity index (χ1) is 14.9. The number of tetrazole rings is 1. The van der Waals surface area contributed by atoms with E-state index in [1.54, 1.807) is 11.3 Å². The summed E-state index contributed by atoms with van der Waals surface area (Å²) < 4.78 is 1.96. The molecule has 0 unspecified atom stereocenters. The first-order valence-corrected chi connectivity index (χ1v) is 11.5. The number of benzene rings is 2. The fraction of sp³-hybridized carbons (Fsp3) is 0.320. The highest BCUT2D eigenvalue weighted by Crippen LogP contribution is 2.33. The van der Waals surface area contributed by atoms with E-state index < -0.39 is 0 Å². The summed E-state index contributed by atoms with van der Waals surface area (Å²) in [7, 11) is 0. The number of hydrogen-bond acceptors (Lipinski definition) is 5. The number of thiophene rings is 1. The van der Waals surface area contributed by atoms with E-state index in [-0.39, 0.29) is 11.6 Å². The zero-order chi connectivity index (χ0) is 21.8. The molecule has 1 atom stereocenters. The van der Waals surface area contributed by atoms with Crippen molar-refractivity contribution in [2.75, 3.05) is 0 Å². The fourth-order valence-corrected chi connectivity index (χ4v) is 4.50. The molecule has 0 aliphatic heterocycles. The first kappa shape index (κ1) is 21.4. The van der Waals surface area contributed by atoms with Gasteiger partial charge in [0.15, 0.2) is 5.82 Å². The van der Waals surface area contributed by atoms with Crippen LogP contribution in [0.5, 0.6) is 0 Å². The van der Waals surface area contributed by atoms with Gasteiger partial charge < -0.3 is 0 Å². The average molecular weight is 432 g/mol. The van der Waals surface area contributed by atoms with Crippen molar-refractivity contribution in [2.45, 2.75) is 52.4 Å². The van der Waals surface area contributed by atoms with Crippen LogP contribution in [0.15, 0.2) is 72.1 Å². The molecule has 2 aromatic heterocycles. The van der Waals surface area contributed by atoms with Crippen LogP contribution in [0.1, 0.15) is 54.2 Å². The Morgan fingerprint density at radius 2 is 1.68 bits per heavy atom. The molecule has 31 heavy (non-hydrogen) atoms. The lowest BCUT2D eigenvalue weighted by Gasteiger charge is -2.33. The summed E-state index contributed by atoms with van der Waals surface area (Å²) in [6, 6.07) is 23.6. The van der Waals surface area contributed by atoms with Gasteiger partial charge in [-0.05, 0) is 60.7 Å². The number of rotatable bonds is 7. The van der Waals surface area contributed by atoms with Gasteiger partial charge in [-0.3, -0.25) is 4.90 Å². The number of aryl methyl sites for hydroxylation is 1. The van der Waals surface area contributed by atoms with Crippen molar-refractivity contribution in [3.63, 3.8) is 0 Å². The summed E-state index contributed by atoms with van der Waals surface area (Å²) >= 11 is 1.78. The molecule has 6 heteroatoms.